The fourth-order valence-corrected chi connectivity index (χ4v) is 2.29. The van der Waals surface area contributed by atoms with E-state index in [0.717, 1.165) is 12.1 Å². The Hall–Kier alpha value is -3.58. The fraction of sp³-hybridized carbons (Fsp3) is 0.0556. The maximum atomic E-state index is 12.8. The van der Waals surface area contributed by atoms with Crippen molar-refractivity contribution in [1.29, 1.82) is 10.5 Å². The molecule has 0 saturated heterocycles. The van der Waals surface area contributed by atoms with Gasteiger partial charge >= 0.3 is 6.18 Å². The third kappa shape index (κ3) is 3.22. The molecule has 0 amide bonds. The Bertz CT molecular complexity index is 1050. The molecule has 0 aliphatic rings. The molecule has 0 spiro atoms. The van der Waals surface area contributed by atoms with Crippen LogP contribution >= 0.6 is 0 Å². The summed E-state index contributed by atoms with van der Waals surface area (Å²) in [5.74, 6) is 0.593. The first-order chi connectivity index (χ1) is 11.9. The van der Waals surface area contributed by atoms with E-state index < -0.39 is 11.7 Å². The standard InChI is InChI=1S/C18H8F3N3O/c19-18(20,21)13-2-4-15-16(8-13)24-6-5-17(15)25-14-3-1-11(9-22)12(7-14)10-23/h1-8H. The first-order valence-electron chi connectivity index (χ1n) is 7.00. The summed E-state index contributed by atoms with van der Waals surface area (Å²) in [6.45, 7) is 0. The van der Waals surface area contributed by atoms with Gasteiger partial charge in [-0.05, 0) is 42.5 Å². The summed E-state index contributed by atoms with van der Waals surface area (Å²) in [6, 6.07) is 12.8. The first-order valence-corrected chi connectivity index (χ1v) is 7.00. The number of alkyl halides is 3. The maximum Gasteiger partial charge on any atom is 0.416 e. The molecule has 3 rings (SSSR count). The second kappa shape index (κ2) is 6.14. The van der Waals surface area contributed by atoms with Crippen LogP contribution in [0.1, 0.15) is 16.7 Å². The molecular weight excluding hydrogens is 331 g/mol. The van der Waals surface area contributed by atoms with Crippen LogP contribution in [0.15, 0.2) is 48.7 Å². The summed E-state index contributed by atoms with van der Waals surface area (Å²) >= 11 is 0. The number of aromatic nitrogens is 1. The van der Waals surface area contributed by atoms with E-state index >= 15 is 0 Å². The highest BCUT2D eigenvalue weighted by Crippen LogP contribution is 2.34. The van der Waals surface area contributed by atoms with E-state index in [1.165, 1.54) is 36.5 Å². The molecule has 4 nitrogen and oxygen atoms in total. The summed E-state index contributed by atoms with van der Waals surface area (Å²) in [5, 5.41) is 18.4. The van der Waals surface area contributed by atoms with E-state index in [0.29, 0.717) is 16.9 Å². The van der Waals surface area contributed by atoms with E-state index in [4.69, 9.17) is 15.3 Å². The lowest BCUT2D eigenvalue weighted by Gasteiger charge is -2.11. The number of pyridine rings is 1. The van der Waals surface area contributed by atoms with Gasteiger partial charge in [-0.15, -0.1) is 0 Å². The van der Waals surface area contributed by atoms with Crippen molar-refractivity contribution in [3.63, 3.8) is 0 Å². The zero-order chi connectivity index (χ0) is 18.0. The lowest BCUT2D eigenvalue weighted by atomic mass is 10.1. The lowest BCUT2D eigenvalue weighted by molar-refractivity contribution is -0.137. The van der Waals surface area contributed by atoms with Crippen molar-refractivity contribution in [3.8, 4) is 23.6 Å². The minimum atomic E-state index is -4.46. The van der Waals surface area contributed by atoms with Gasteiger partial charge in [-0.3, -0.25) is 4.98 Å². The molecule has 0 N–H and O–H groups in total. The van der Waals surface area contributed by atoms with Crippen molar-refractivity contribution < 1.29 is 17.9 Å². The molecule has 0 radical (unpaired) electrons. The summed E-state index contributed by atoms with van der Waals surface area (Å²) in [7, 11) is 0. The normalized spacial score (nSPS) is 10.9. The smallest absolute Gasteiger partial charge is 0.416 e. The van der Waals surface area contributed by atoms with Gasteiger partial charge in [-0.1, -0.05) is 0 Å². The molecule has 0 bridgehead atoms. The molecule has 0 unspecified atom stereocenters. The number of nitrogens with zero attached hydrogens (tertiary/aromatic N) is 3. The SMILES string of the molecule is N#Cc1ccc(Oc2ccnc3cc(C(F)(F)F)ccc23)cc1C#N. The minimum absolute atomic E-state index is 0.140. The molecule has 25 heavy (non-hydrogen) atoms. The number of benzene rings is 2. The number of hydrogen-bond donors (Lipinski definition) is 0. The Kier molecular flexibility index (Phi) is 4.00. The van der Waals surface area contributed by atoms with Gasteiger partial charge in [-0.25, -0.2) is 0 Å². The highest BCUT2D eigenvalue weighted by Gasteiger charge is 2.30. The van der Waals surface area contributed by atoms with Gasteiger partial charge in [0.2, 0.25) is 0 Å². The highest BCUT2D eigenvalue weighted by atomic mass is 19.4. The van der Waals surface area contributed by atoms with Gasteiger partial charge in [0.05, 0.1) is 22.2 Å². The van der Waals surface area contributed by atoms with Crippen molar-refractivity contribution in [2.75, 3.05) is 0 Å². The molecule has 7 heteroatoms. The predicted molar refractivity (Wildman–Crippen MR) is 82.7 cm³/mol. The van der Waals surface area contributed by atoms with Crippen molar-refractivity contribution in [3.05, 3.63) is 65.4 Å². The molecular formula is C18H8F3N3O. The molecule has 2 aromatic carbocycles. The van der Waals surface area contributed by atoms with Crippen molar-refractivity contribution in [1.82, 2.24) is 4.98 Å². The zero-order valence-electron chi connectivity index (χ0n) is 12.5. The molecule has 0 aliphatic carbocycles. The number of rotatable bonds is 2. The van der Waals surface area contributed by atoms with Crippen LogP contribution in [-0.4, -0.2) is 4.98 Å². The number of hydrogen-bond acceptors (Lipinski definition) is 4. The van der Waals surface area contributed by atoms with E-state index in [-0.39, 0.29) is 16.6 Å². The van der Waals surface area contributed by atoms with Crippen LogP contribution in [0.2, 0.25) is 0 Å². The van der Waals surface area contributed by atoms with Crippen molar-refractivity contribution in [2.45, 2.75) is 6.18 Å². The van der Waals surface area contributed by atoms with Gasteiger partial charge < -0.3 is 4.74 Å². The molecule has 1 heterocycles. The van der Waals surface area contributed by atoms with Gasteiger partial charge in [0.15, 0.2) is 0 Å². The Morgan fingerprint density at radius 2 is 1.68 bits per heavy atom. The Morgan fingerprint density at radius 3 is 2.36 bits per heavy atom. The van der Waals surface area contributed by atoms with Gasteiger partial charge in [0, 0.05) is 11.6 Å². The zero-order valence-corrected chi connectivity index (χ0v) is 12.5. The summed E-state index contributed by atoms with van der Waals surface area (Å²) in [6.07, 6.45) is -3.12. The Morgan fingerprint density at radius 1 is 0.920 bits per heavy atom. The van der Waals surface area contributed by atoms with E-state index in [1.807, 2.05) is 12.1 Å². The van der Waals surface area contributed by atoms with Crippen LogP contribution in [0.25, 0.3) is 10.9 Å². The Labute approximate surface area is 140 Å². The van der Waals surface area contributed by atoms with Crippen molar-refractivity contribution in [2.24, 2.45) is 0 Å². The average molecular weight is 339 g/mol. The van der Waals surface area contributed by atoms with Gasteiger partial charge in [0.25, 0.3) is 0 Å². The fourth-order valence-electron chi connectivity index (χ4n) is 2.29. The quantitative estimate of drug-likeness (QED) is 0.673. The largest absolute Gasteiger partial charge is 0.457 e. The predicted octanol–water partition coefficient (Wildman–Crippen LogP) is 4.79. The van der Waals surface area contributed by atoms with Crippen LogP contribution in [0.3, 0.4) is 0 Å². The number of halogens is 3. The van der Waals surface area contributed by atoms with Crippen LogP contribution < -0.4 is 4.74 Å². The van der Waals surface area contributed by atoms with E-state index in [2.05, 4.69) is 4.98 Å². The number of ether oxygens (including phenoxy) is 1. The highest BCUT2D eigenvalue weighted by molar-refractivity contribution is 5.85. The molecule has 122 valence electrons. The lowest BCUT2D eigenvalue weighted by Crippen LogP contribution is -2.04. The van der Waals surface area contributed by atoms with Crippen molar-refractivity contribution >= 4 is 10.9 Å². The topological polar surface area (TPSA) is 69.7 Å². The number of fused-ring (bicyclic) bond motifs is 1. The summed E-state index contributed by atoms with van der Waals surface area (Å²) in [5.41, 5.74) is -0.293. The molecule has 3 aromatic rings. The molecule has 0 saturated carbocycles. The van der Waals surface area contributed by atoms with E-state index in [1.54, 1.807) is 0 Å². The Balaban J connectivity index is 2.03. The second-order valence-corrected chi connectivity index (χ2v) is 5.07. The van der Waals surface area contributed by atoms with Crippen LogP contribution in [-0.2, 0) is 6.18 Å². The first kappa shape index (κ1) is 16.3. The third-order valence-electron chi connectivity index (χ3n) is 3.49. The van der Waals surface area contributed by atoms with Gasteiger partial charge in [-0.2, -0.15) is 23.7 Å². The second-order valence-electron chi connectivity index (χ2n) is 5.07. The van der Waals surface area contributed by atoms with Crippen LogP contribution in [0.5, 0.6) is 11.5 Å². The van der Waals surface area contributed by atoms with Crippen LogP contribution in [0, 0.1) is 22.7 Å². The van der Waals surface area contributed by atoms with E-state index in [9.17, 15) is 13.2 Å². The summed E-state index contributed by atoms with van der Waals surface area (Å²) < 4.78 is 44.1. The molecule has 1 aromatic heterocycles. The summed E-state index contributed by atoms with van der Waals surface area (Å²) in [4.78, 5) is 3.94. The molecule has 0 fully saturated rings. The van der Waals surface area contributed by atoms with Gasteiger partial charge in [0.1, 0.15) is 23.6 Å². The molecule has 0 atom stereocenters. The number of nitriles is 2. The third-order valence-corrected chi connectivity index (χ3v) is 3.49. The minimum Gasteiger partial charge on any atom is -0.457 e. The van der Waals surface area contributed by atoms with Crippen LogP contribution in [0.4, 0.5) is 13.2 Å². The monoisotopic (exact) mass is 339 g/mol. The average Bonchev–Trinajstić information content (AvgIpc) is 2.60. The maximum absolute atomic E-state index is 12.8. The molecule has 0 aliphatic heterocycles.